The first-order valence-corrected chi connectivity index (χ1v) is 6.41. The third kappa shape index (κ3) is 2.73. The van der Waals surface area contributed by atoms with E-state index in [2.05, 4.69) is 15.1 Å². The molecule has 7 heteroatoms. The Balaban J connectivity index is 1.92. The number of hydrogen-bond acceptors (Lipinski definition) is 6. The zero-order chi connectivity index (χ0) is 12.4. The monoisotopic (exact) mass is 256 g/mol. The fourth-order valence-electron chi connectivity index (χ4n) is 1.87. The molecule has 1 aliphatic rings. The van der Waals surface area contributed by atoms with Crippen molar-refractivity contribution in [2.75, 3.05) is 31.1 Å². The van der Waals surface area contributed by atoms with Crippen LogP contribution in [0.4, 0.5) is 5.13 Å². The van der Waals surface area contributed by atoms with Gasteiger partial charge < -0.3 is 10.0 Å². The highest BCUT2D eigenvalue weighted by atomic mass is 32.1. The first-order valence-electron chi connectivity index (χ1n) is 5.60. The van der Waals surface area contributed by atoms with E-state index in [1.54, 1.807) is 18.3 Å². The molecule has 6 nitrogen and oxygen atoms in total. The predicted octanol–water partition coefficient (Wildman–Crippen LogP) is 0.442. The van der Waals surface area contributed by atoms with Crippen LogP contribution in [0.2, 0.25) is 0 Å². The van der Waals surface area contributed by atoms with Gasteiger partial charge in [0, 0.05) is 26.2 Å². The third-order valence-corrected chi connectivity index (χ3v) is 3.90. The van der Waals surface area contributed by atoms with Crippen LogP contribution in [0.5, 0.6) is 0 Å². The van der Waals surface area contributed by atoms with Crippen molar-refractivity contribution in [3.05, 3.63) is 5.01 Å². The number of piperazine rings is 1. The SMILES string of the molecule is Cc1nnc(N2CCN(C(C)C(=O)O)CC2)s1. The highest BCUT2D eigenvalue weighted by Crippen LogP contribution is 2.21. The fourth-order valence-corrected chi connectivity index (χ4v) is 2.61. The number of carboxylic acids is 1. The lowest BCUT2D eigenvalue weighted by Crippen LogP contribution is -2.51. The number of aromatic nitrogens is 2. The molecule has 1 aromatic heterocycles. The molecule has 1 atom stereocenters. The standard InChI is InChI=1S/C10H16N4O2S/c1-7(9(15)16)13-3-5-14(6-4-13)10-12-11-8(2)17-10/h7H,3-6H2,1-2H3,(H,15,16). The number of aliphatic carboxylic acids is 1. The van der Waals surface area contributed by atoms with Crippen molar-refractivity contribution in [3.63, 3.8) is 0 Å². The van der Waals surface area contributed by atoms with Crippen molar-refractivity contribution in [3.8, 4) is 0 Å². The topological polar surface area (TPSA) is 69.6 Å². The molecule has 0 spiro atoms. The summed E-state index contributed by atoms with van der Waals surface area (Å²) in [6, 6.07) is -0.409. The molecule has 0 amide bonds. The van der Waals surface area contributed by atoms with E-state index in [0.29, 0.717) is 0 Å². The fraction of sp³-hybridized carbons (Fsp3) is 0.700. The maximum Gasteiger partial charge on any atom is 0.320 e. The van der Waals surface area contributed by atoms with E-state index in [0.717, 1.165) is 36.3 Å². The molecular formula is C10H16N4O2S. The molecule has 2 rings (SSSR count). The second-order valence-corrected chi connectivity index (χ2v) is 5.30. The van der Waals surface area contributed by atoms with Gasteiger partial charge in [-0.05, 0) is 13.8 Å². The molecular weight excluding hydrogens is 240 g/mol. The van der Waals surface area contributed by atoms with Gasteiger partial charge in [-0.3, -0.25) is 9.69 Å². The van der Waals surface area contributed by atoms with Gasteiger partial charge in [0.2, 0.25) is 5.13 Å². The van der Waals surface area contributed by atoms with Crippen LogP contribution in [0.15, 0.2) is 0 Å². The van der Waals surface area contributed by atoms with Crippen molar-refractivity contribution in [1.82, 2.24) is 15.1 Å². The molecule has 94 valence electrons. The van der Waals surface area contributed by atoms with Crippen LogP contribution >= 0.6 is 11.3 Å². The zero-order valence-corrected chi connectivity index (χ0v) is 10.8. The maximum atomic E-state index is 10.9. The van der Waals surface area contributed by atoms with Gasteiger partial charge in [-0.2, -0.15) is 0 Å². The first-order chi connectivity index (χ1) is 8.08. The Morgan fingerprint density at radius 1 is 1.35 bits per heavy atom. The van der Waals surface area contributed by atoms with E-state index < -0.39 is 12.0 Å². The Kier molecular flexibility index (Phi) is 3.58. The molecule has 1 aromatic rings. The van der Waals surface area contributed by atoms with Crippen molar-refractivity contribution in [1.29, 1.82) is 0 Å². The van der Waals surface area contributed by atoms with Crippen LogP contribution in [0, 0.1) is 6.92 Å². The van der Waals surface area contributed by atoms with E-state index in [4.69, 9.17) is 5.11 Å². The van der Waals surface area contributed by atoms with Gasteiger partial charge in [-0.1, -0.05) is 11.3 Å². The van der Waals surface area contributed by atoms with Crippen molar-refractivity contribution >= 4 is 22.4 Å². The molecule has 1 aliphatic heterocycles. The van der Waals surface area contributed by atoms with Crippen molar-refractivity contribution in [2.24, 2.45) is 0 Å². The Morgan fingerprint density at radius 3 is 2.47 bits per heavy atom. The molecule has 0 aromatic carbocycles. The van der Waals surface area contributed by atoms with Crippen LogP contribution in [-0.4, -0.2) is 58.4 Å². The first kappa shape index (κ1) is 12.3. The van der Waals surface area contributed by atoms with Gasteiger partial charge in [-0.15, -0.1) is 10.2 Å². The quantitative estimate of drug-likeness (QED) is 0.846. The van der Waals surface area contributed by atoms with Gasteiger partial charge in [0.05, 0.1) is 0 Å². The lowest BCUT2D eigenvalue weighted by molar-refractivity contribution is -0.142. The normalized spacial score (nSPS) is 19.3. The molecule has 1 fully saturated rings. The van der Waals surface area contributed by atoms with E-state index in [-0.39, 0.29) is 0 Å². The van der Waals surface area contributed by atoms with Gasteiger partial charge in [0.1, 0.15) is 11.0 Å². The van der Waals surface area contributed by atoms with Crippen LogP contribution in [0.1, 0.15) is 11.9 Å². The average molecular weight is 256 g/mol. The van der Waals surface area contributed by atoms with Gasteiger partial charge in [-0.25, -0.2) is 0 Å². The van der Waals surface area contributed by atoms with E-state index in [9.17, 15) is 4.79 Å². The number of anilines is 1. The molecule has 0 radical (unpaired) electrons. The second kappa shape index (κ2) is 4.97. The summed E-state index contributed by atoms with van der Waals surface area (Å²) in [6.45, 7) is 6.80. The number of aryl methyl sites for hydroxylation is 1. The maximum absolute atomic E-state index is 10.9. The Bertz CT molecular complexity index is 401. The third-order valence-electron chi connectivity index (χ3n) is 3.01. The lowest BCUT2D eigenvalue weighted by atomic mass is 10.2. The van der Waals surface area contributed by atoms with Gasteiger partial charge in [0.15, 0.2) is 0 Å². The van der Waals surface area contributed by atoms with Gasteiger partial charge in [0.25, 0.3) is 0 Å². The van der Waals surface area contributed by atoms with E-state index in [1.807, 2.05) is 11.8 Å². The lowest BCUT2D eigenvalue weighted by Gasteiger charge is -2.36. The number of carboxylic acid groups (broad SMARTS) is 1. The number of nitrogens with zero attached hydrogens (tertiary/aromatic N) is 4. The van der Waals surface area contributed by atoms with Crippen LogP contribution < -0.4 is 4.90 Å². The van der Waals surface area contributed by atoms with Crippen molar-refractivity contribution < 1.29 is 9.90 Å². The minimum Gasteiger partial charge on any atom is -0.480 e. The minimum absolute atomic E-state index is 0.409. The van der Waals surface area contributed by atoms with Crippen molar-refractivity contribution in [2.45, 2.75) is 19.9 Å². The molecule has 1 N–H and O–H groups in total. The summed E-state index contributed by atoms with van der Waals surface area (Å²) in [5, 5.41) is 18.9. The summed E-state index contributed by atoms with van der Waals surface area (Å²) in [5.41, 5.74) is 0. The molecule has 2 heterocycles. The van der Waals surface area contributed by atoms with Crippen LogP contribution in [-0.2, 0) is 4.79 Å². The van der Waals surface area contributed by atoms with Gasteiger partial charge >= 0.3 is 5.97 Å². The number of rotatable bonds is 3. The highest BCUT2D eigenvalue weighted by Gasteiger charge is 2.26. The van der Waals surface area contributed by atoms with Crippen LogP contribution in [0.25, 0.3) is 0 Å². The van der Waals surface area contributed by atoms with E-state index >= 15 is 0 Å². The summed E-state index contributed by atoms with van der Waals surface area (Å²) in [7, 11) is 0. The molecule has 1 saturated heterocycles. The molecule has 17 heavy (non-hydrogen) atoms. The number of hydrogen-bond donors (Lipinski definition) is 1. The largest absolute Gasteiger partial charge is 0.480 e. The molecule has 0 bridgehead atoms. The van der Waals surface area contributed by atoms with Crippen LogP contribution in [0.3, 0.4) is 0 Å². The highest BCUT2D eigenvalue weighted by molar-refractivity contribution is 7.15. The Morgan fingerprint density at radius 2 is 2.00 bits per heavy atom. The Hall–Kier alpha value is -1.21. The summed E-state index contributed by atoms with van der Waals surface area (Å²) in [6.07, 6.45) is 0. The average Bonchev–Trinajstić information content (AvgIpc) is 2.75. The Labute approximate surface area is 104 Å². The molecule has 0 aliphatic carbocycles. The van der Waals surface area contributed by atoms with E-state index in [1.165, 1.54) is 0 Å². The minimum atomic E-state index is -0.759. The second-order valence-electron chi connectivity index (χ2n) is 4.14. The summed E-state index contributed by atoms with van der Waals surface area (Å²) in [5.74, 6) is -0.759. The number of carbonyl (C=O) groups is 1. The molecule has 0 saturated carbocycles. The molecule has 1 unspecified atom stereocenters. The smallest absolute Gasteiger partial charge is 0.320 e. The predicted molar refractivity (Wildman–Crippen MR) is 65.5 cm³/mol. The summed E-state index contributed by atoms with van der Waals surface area (Å²) in [4.78, 5) is 15.0. The summed E-state index contributed by atoms with van der Waals surface area (Å²) >= 11 is 1.58. The zero-order valence-electron chi connectivity index (χ0n) is 9.96. The summed E-state index contributed by atoms with van der Waals surface area (Å²) < 4.78 is 0.